The fourth-order valence-corrected chi connectivity index (χ4v) is 0.593. The number of ether oxygens (including phenoxy) is 2. The van der Waals surface area contributed by atoms with E-state index in [4.69, 9.17) is 9.84 Å². The number of hydrogen-bond acceptors (Lipinski definition) is 4. The first-order valence-electron chi connectivity index (χ1n) is 5.51. The molecule has 0 aromatic heterocycles. The number of carbonyl (C=O) groups is 2. The maximum Gasteiger partial charge on any atom is 0.330 e. The zero-order valence-electron chi connectivity index (χ0n) is 10.8. The molecule has 0 aromatic rings. The summed E-state index contributed by atoms with van der Waals surface area (Å²) in [5.74, 6) is -1.18. The number of rotatable bonds is 7. The smallest absolute Gasteiger partial charge is 0.330 e. The summed E-state index contributed by atoms with van der Waals surface area (Å²) in [4.78, 5) is 19.9. The molecular formula is C12H22O5. The molecule has 0 bridgehead atoms. The van der Waals surface area contributed by atoms with Gasteiger partial charge in [-0.25, -0.2) is 4.79 Å². The van der Waals surface area contributed by atoms with Crippen molar-refractivity contribution >= 4 is 11.9 Å². The number of carboxylic acid groups (broad SMARTS) is 1. The summed E-state index contributed by atoms with van der Waals surface area (Å²) in [5, 5.41) is 7.89. The molecule has 0 unspecified atom stereocenters. The Labute approximate surface area is 102 Å². The SMILES string of the molecule is C=C(C)C(=O)O.CCCCOCCOC(C)=O. The molecule has 0 aliphatic carbocycles. The Morgan fingerprint density at radius 1 is 1.18 bits per heavy atom. The summed E-state index contributed by atoms with van der Waals surface area (Å²) in [6, 6.07) is 0. The highest BCUT2D eigenvalue weighted by molar-refractivity contribution is 5.84. The predicted octanol–water partition coefficient (Wildman–Crippen LogP) is 2.01. The molecule has 0 heterocycles. The van der Waals surface area contributed by atoms with E-state index in [1.165, 1.54) is 13.8 Å². The number of aliphatic carboxylic acids is 1. The van der Waals surface area contributed by atoms with Crippen LogP contribution < -0.4 is 0 Å². The number of carboxylic acids is 1. The van der Waals surface area contributed by atoms with E-state index in [9.17, 15) is 9.59 Å². The number of esters is 1. The minimum absolute atomic E-state index is 0.176. The minimum atomic E-state index is -0.935. The normalized spacial score (nSPS) is 8.88. The van der Waals surface area contributed by atoms with Gasteiger partial charge in [0.05, 0.1) is 6.61 Å². The zero-order chi connectivity index (χ0) is 13.7. The Hall–Kier alpha value is -1.36. The van der Waals surface area contributed by atoms with Crippen molar-refractivity contribution in [3.63, 3.8) is 0 Å². The van der Waals surface area contributed by atoms with Gasteiger partial charge < -0.3 is 14.6 Å². The van der Waals surface area contributed by atoms with Gasteiger partial charge in [0.15, 0.2) is 0 Å². The van der Waals surface area contributed by atoms with Gasteiger partial charge in [0.1, 0.15) is 6.61 Å². The van der Waals surface area contributed by atoms with Crippen LogP contribution in [0.3, 0.4) is 0 Å². The Morgan fingerprint density at radius 2 is 1.71 bits per heavy atom. The van der Waals surface area contributed by atoms with Crippen LogP contribution >= 0.6 is 0 Å². The van der Waals surface area contributed by atoms with Crippen molar-refractivity contribution in [3.05, 3.63) is 12.2 Å². The van der Waals surface area contributed by atoms with Gasteiger partial charge >= 0.3 is 11.9 Å². The maximum atomic E-state index is 10.3. The van der Waals surface area contributed by atoms with Crippen molar-refractivity contribution in [1.82, 2.24) is 0 Å². The Kier molecular flexibility index (Phi) is 13.5. The molecule has 0 aliphatic rings. The van der Waals surface area contributed by atoms with Crippen LogP contribution in [-0.2, 0) is 19.1 Å². The molecular weight excluding hydrogens is 224 g/mol. The van der Waals surface area contributed by atoms with Gasteiger partial charge in [0, 0.05) is 19.1 Å². The maximum absolute atomic E-state index is 10.3. The largest absolute Gasteiger partial charge is 0.478 e. The standard InChI is InChI=1S/C8H16O3.C4H6O2/c1-3-4-5-10-6-7-11-8(2)9;1-3(2)4(5)6/h3-7H2,1-2H3;1H2,2H3,(H,5,6). The number of carbonyl (C=O) groups excluding carboxylic acids is 1. The quantitative estimate of drug-likeness (QED) is 0.422. The van der Waals surface area contributed by atoms with E-state index in [0.29, 0.717) is 13.2 Å². The monoisotopic (exact) mass is 246 g/mol. The molecule has 0 rings (SSSR count). The van der Waals surface area contributed by atoms with Gasteiger partial charge in [-0.3, -0.25) is 4.79 Å². The van der Waals surface area contributed by atoms with Crippen molar-refractivity contribution in [3.8, 4) is 0 Å². The molecule has 17 heavy (non-hydrogen) atoms. The van der Waals surface area contributed by atoms with Crippen LogP contribution in [0.2, 0.25) is 0 Å². The van der Waals surface area contributed by atoms with Crippen LogP contribution in [0.5, 0.6) is 0 Å². The topological polar surface area (TPSA) is 72.8 Å². The molecule has 0 aromatic carbocycles. The van der Waals surface area contributed by atoms with Crippen LogP contribution in [0.25, 0.3) is 0 Å². The molecule has 1 N–H and O–H groups in total. The molecule has 0 saturated carbocycles. The van der Waals surface area contributed by atoms with Crippen molar-refractivity contribution in [1.29, 1.82) is 0 Å². The third-order valence-corrected chi connectivity index (χ3v) is 1.54. The Balaban J connectivity index is 0. The van der Waals surface area contributed by atoms with Crippen LogP contribution in [0, 0.1) is 0 Å². The predicted molar refractivity (Wildman–Crippen MR) is 64.8 cm³/mol. The molecule has 0 radical (unpaired) electrons. The number of unbranched alkanes of at least 4 members (excludes halogenated alkanes) is 1. The van der Waals surface area contributed by atoms with Crippen LogP contribution in [0.1, 0.15) is 33.6 Å². The average molecular weight is 246 g/mol. The van der Waals surface area contributed by atoms with E-state index in [-0.39, 0.29) is 11.5 Å². The summed E-state index contributed by atoms with van der Waals surface area (Å²) >= 11 is 0. The zero-order valence-corrected chi connectivity index (χ0v) is 10.8. The van der Waals surface area contributed by atoms with Gasteiger partial charge in [-0.2, -0.15) is 0 Å². The highest BCUT2D eigenvalue weighted by Crippen LogP contribution is 1.87. The fourth-order valence-electron chi connectivity index (χ4n) is 0.593. The van der Waals surface area contributed by atoms with Crippen LogP contribution in [0.4, 0.5) is 0 Å². The number of hydrogen-bond donors (Lipinski definition) is 1. The summed E-state index contributed by atoms with van der Waals surface area (Å²) < 4.78 is 9.81. The van der Waals surface area contributed by atoms with Crippen LogP contribution in [0.15, 0.2) is 12.2 Å². The highest BCUT2D eigenvalue weighted by atomic mass is 16.6. The third kappa shape index (κ3) is 20.7. The molecule has 0 aliphatic heterocycles. The lowest BCUT2D eigenvalue weighted by atomic mass is 10.4. The van der Waals surface area contributed by atoms with Crippen molar-refractivity contribution in [2.24, 2.45) is 0 Å². The molecule has 0 spiro atoms. The molecule has 5 nitrogen and oxygen atoms in total. The Morgan fingerprint density at radius 3 is 2.06 bits per heavy atom. The first-order chi connectivity index (χ1) is 7.91. The lowest BCUT2D eigenvalue weighted by molar-refractivity contribution is -0.142. The average Bonchev–Trinajstić information content (AvgIpc) is 2.23. The van der Waals surface area contributed by atoms with E-state index in [1.807, 2.05) is 0 Å². The van der Waals surface area contributed by atoms with Crippen molar-refractivity contribution in [2.75, 3.05) is 19.8 Å². The molecule has 0 amide bonds. The second kappa shape index (κ2) is 12.7. The van der Waals surface area contributed by atoms with Crippen molar-refractivity contribution in [2.45, 2.75) is 33.6 Å². The summed E-state index contributed by atoms with van der Waals surface area (Å²) in [6.45, 7) is 9.75. The van der Waals surface area contributed by atoms with Gasteiger partial charge in [0.2, 0.25) is 0 Å². The summed E-state index contributed by atoms with van der Waals surface area (Å²) in [5.41, 5.74) is 0.176. The van der Waals surface area contributed by atoms with Gasteiger partial charge in [-0.1, -0.05) is 19.9 Å². The van der Waals surface area contributed by atoms with Crippen LogP contribution in [-0.4, -0.2) is 36.9 Å². The molecule has 100 valence electrons. The van der Waals surface area contributed by atoms with E-state index < -0.39 is 5.97 Å². The fraction of sp³-hybridized carbons (Fsp3) is 0.667. The molecule has 0 saturated heterocycles. The molecule has 0 fully saturated rings. The first kappa shape index (κ1) is 18.0. The molecule has 0 atom stereocenters. The van der Waals surface area contributed by atoms with E-state index in [0.717, 1.165) is 19.4 Å². The second-order valence-electron chi connectivity index (χ2n) is 3.39. The van der Waals surface area contributed by atoms with E-state index in [1.54, 1.807) is 0 Å². The minimum Gasteiger partial charge on any atom is -0.478 e. The summed E-state index contributed by atoms with van der Waals surface area (Å²) in [6.07, 6.45) is 2.20. The second-order valence-corrected chi connectivity index (χ2v) is 3.39. The van der Waals surface area contributed by atoms with E-state index in [2.05, 4.69) is 18.2 Å². The first-order valence-corrected chi connectivity index (χ1v) is 5.51. The van der Waals surface area contributed by atoms with E-state index >= 15 is 0 Å². The lowest BCUT2D eigenvalue weighted by Crippen LogP contribution is -2.07. The summed E-state index contributed by atoms with van der Waals surface area (Å²) in [7, 11) is 0. The van der Waals surface area contributed by atoms with Crippen molar-refractivity contribution < 1.29 is 24.2 Å². The molecule has 5 heteroatoms. The lowest BCUT2D eigenvalue weighted by Gasteiger charge is -2.02. The third-order valence-electron chi connectivity index (χ3n) is 1.54. The Bertz CT molecular complexity index is 223. The van der Waals surface area contributed by atoms with Gasteiger partial charge in [0.25, 0.3) is 0 Å². The highest BCUT2D eigenvalue weighted by Gasteiger charge is 1.91. The van der Waals surface area contributed by atoms with Gasteiger partial charge in [-0.15, -0.1) is 0 Å². The van der Waals surface area contributed by atoms with Gasteiger partial charge in [-0.05, 0) is 13.3 Å².